The third-order valence-electron chi connectivity index (χ3n) is 5.39. The quantitative estimate of drug-likeness (QED) is 0.592. The molecule has 0 saturated carbocycles. The summed E-state index contributed by atoms with van der Waals surface area (Å²) >= 11 is 0. The van der Waals surface area contributed by atoms with Crippen LogP contribution in [-0.4, -0.2) is 58.2 Å². The van der Waals surface area contributed by atoms with Crippen LogP contribution in [0.2, 0.25) is 0 Å². The van der Waals surface area contributed by atoms with Crippen LogP contribution in [0.1, 0.15) is 21.6 Å². The van der Waals surface area contributed by atoms with Crippen molar-refractivity contribution in [3.05, 3.63) is 89.8 Å². The third-order valence-corrected chi connectivity index (χ3v) is 5.39. The number of carbonyl (C=O) groups excluding carboxylic acids is 1. The third kappa shape index (κ3) is 5.26. The van der Waals surface area contributed by atoms with Gasteiger partial charge in [-0.15, -0.1) is 0 Å². The maximum absolute atomic E-state index is 12.8. The lowest BCUT2D eigenvalue weighted by atomic mass is 10.1. The Morgan fingerprint density at radius 1 is 0.938 bits per heavy atom. The van der Waals surface area contributed by atoms with E-state index in [0.29, 0.717) is 24.3 Å². The van der Waals surface area contributed by atoms with Crippen LogP contribution in [0.4, 0.5) is 13.2 Å². The van der Waals surface area contributed by atoms with E-state index < -0.39 is 11.9 Å². The van der Waals surface area contributed by atoms with Gasteiger partial charge in [0.05, 0.1) is 5.69 Å². The summed E-state index contributed by atoms with van der Waals surface area (Å²) in [4.78, 5) is 16.9. The first-order valence-corrected chi connectivity index (χ1v) is 10.4. The minimum absolute atomic E-state index is 0.0764. The summed E-state index contributed by atoms with van der Waals surface area (Å²) in [6.07, 6.45) is 0.993. The van der Waals surface area contributed by atoms with Crippen LogP contribution in [0, 0.1) is 0 Å². The molecule has 1 saturated heterocycles. The molecule has 1 amide bonds. The van der Waals surface area contributed by atoms with Gasteiger partial charge >= 0.3 is 6.18 Å². The van der Waals surface area contributed by atoms with E-state index in [-0.39, 0.29) is 5.91 Å². The molecule has 0 atom stereocenters. The molecule has 0 N–H and O–H groups in total. The fourth-order valence-electron chi connectivity index (χ4n) is 3.59. The van der Waals surface area contributed by atoms with Gasteiger partial charge in [-0.3, -0.25) is 9.69 Å². The van der Waals surface area contributed by atoms with Crippen molar-refractivity contribution in [3.8, 4) is 5.69 Å². The van der Waals surface area contributed by atoms with Crippen LogP contribution in [0.3, 0.4) is 0 Å². The first-order valence-electron chi connectivity index (χ1n) is 10.4. The molecular formula is C24H23F3N4O. The summed E-state index contributed by atoms with van der Waals surface area (Å²) < 4.78 is 39.4. The normalized spacial score (nSPS) is 15.4. The number of hydrogen-bond donors (Lipinski definition) is 0. The summed E-state index contributed by atoms with van der Waals surface area (Å²) in [5.41, 5.74) is 1.19. The molecule has 1 fully saturated rings. The lowest BCUT2D eigenvalue weighted by Crippen LogP contribution is -2.48. The van der Waals surface area contributed by atoms with Crippen molar-refractivity contribution < 1.29 is 18.0 Å². The molecule has 0 spiro atoms. The molecule has 0 aliphatic carbocycles. The Balaban J connectivity index is 1.30. The second-order valence-corrected chi connectivity index (χ2v) is 7.60. The van der Waals surface area contributed by atoms with Crippen molar-refractivity contribution in [2.24, 2.45) is 0 Å². The Bertz CT molecular complexity index is 1070. The van der Waals surface area contributed by atoms with E-state index in [2.05, 4.69) is 34.3 Å². The summed E-state index contributed by atoms with van der Waals surface area (Å²) in [6.45, 7) is 3.67. The van der Waals surface area contributed by atoms with Gasteiger partial charge in [-0.25, -0.2) is 4.68 Å². The first kappa shape index (κ1) is 21.8. The number of piperazine rings is 1. The van der Waals surface area contributed by atoms with Gasteiger partial charge in [-0.05, 0) is 35.9 Å². The topological polar surface area (TPSA) is 41.4 Å². The molecule has 2 heterocycles. The van der Waals surface area contributed by atoms with E-state index in [1.54, 1.807) is 24.3 Å². The van der Waals surface area contributed by atoms with E-state index >= 15 is 0 Å². The average molecular weight is 440 g/mol. The highest BCUT2D eigenvalue weighted by molar-refractivity contribution is 5.94. The standard InChI is InChI=1S/C24H23F3N4O/c25-24(26,27)22-12-14-31(28-22)21-10-8-20(9-11-21)23(32)30-17-15-29(16-18-30)13-4-7-19-5-2-1-3-6-19/h1-12,14H,13,15-18H2. The highest BCUT2D eigenvalue weighted by Gasteiger charge is 2.33. The minimum atomic E-state index is -4.49. The number of nitrogens with zero attached hydrogens (tertiary/aromatic N) is 4. The SMILES string of the molecule is O=C(c1ccc(-n2ccc(C(F)(F)F)n2)cc1)N1CCN(CC=Cc2ccccc2)CC1. The van der Waals surface area contributed by atoms with Crippen molar-refractivity contribution in [2.45, 2.75) is 6.18 Å². The zero-order valence-electron chi connectivity index (χ0n) is 17.4. The van der Waals surface area contributed by atoms with Gasteiger partial charge in [-0.1, -0.05) is 42.5 Å². The number of rotatable bonds is 5. The molecule has 1 aromatic heterocycles. The maximum Gasteiger partial charge on any atom is 0.435 e. The predicted molar refractivity (Wildman–Crippen MR) is 116 cm³/mol. The number of halogens is 3. The molecule has 5 nitrogen and oxygen atoms in total. The second kappa shape index (κ2) is 9.40. The first-order chi connectivity index (χ1) is 15.4. The van der Waals surface area contributed by atoms with Crippen molar-refractivity contribution in [1.82, 2.24) is 19.6 Å². The van der Waals surface area contributed by atoms with Crippen molar-refractivity contribution in [1.29, 1.82) is 0 Å². The molecule has 0 radical (unpaired) electrons. The predicted octanol–water partition coefficient (Wildman–Crippen LogP) is 4.36. The molecule has 1 aliphatic rings. The largest absolute Gasteiger partial charge is 0.435 e. The summed E-state index contributed by atoms with van der Waals surface area (Å²) in [6, 6.07) is 17.5. The van der Waals surface area contributed by atoms with Gasteiger partial charge in [0.1, 0.15) is 0 Å². The van der Waals surface area contributed by atoms with Crippen molar-refractivity contribution >= 4 is 12.0 Å². The smallest absolute Gasteiger partial charge is 0.336 e. The van der Waals surface area contributed by atoms with Gasteiger partial charge < -0.3 is 4.90 Å². The Kier molecular flexibility index (Phi) is 6.41. The van der Waals surface area contributed by atoms with Crippen LogP contribution >= 0.6 is 0 Å². The Morgan fingerprint density at radius 2 is 1.62 bits per heavy atom. The van der Waals surface area contributed by atoms with Gasteiger partial charge in [0.15, 0.2) is 5.69 Å². The second-order valence-electron chi connectivity index (χ2n) is 7.60. The zero-order chi connectivity index (χ0) is 22.6. The Morgan fingerprint density at radius 3 is 2.25 bits per heavy atom. The number of amides is 1. The van der Waals surface area contributed by atoms with Crippen LogP contribution in [-0.2, 0) is 6.18 Å². The average Bonchev–Trinajstić information content (AvgIpc) is 3.31. The molecule has 0 bridgehead atoms. The van der Waals surface area contributed by atoms with Crippen LogP contribution in [0.15, 0.2) is 72.9 Å². The molecule has 4 rings (SSSR count). The van der Waals surface area contributed by atoms with Gasteiger partial charge in [0, 0.05) is 44.5 Å². The highest BCUT2D eigenvalue weighted by atomic mass is 19.4. The van der Waals surface area contributed by atoms with E-state index in [9.17, 15) is 18.0 Å². The van der Waals surface area contributed by atoms with Crippen molar-refractivity contribution in [3.63, 3.8) is 0 Å². The van der Waals surface area contributed by atoms with E-state index in [0.717, 1.165) is 35.9 Å². The number of benzene rings is 2. The number of hydrogen-bond acceptors (Lipinski definition) is 3. The van der Waals surface area contributed by atoms with E-state index in [4.69, 9.17) is 0 Å². The lowest BCUT2D eigenvalue weighted by molar-refractivity contribution is -0.141. The summed E-state index contributed by atoms with van der Waals surface area (Å²) in [5.74, 6) is -0.0764. The molecule has 8 heteroatoms. The molecule has 1 aliphatic heterocycles. The van der Waals surface area contributed by atoms with Crippen LogP contribution in [0.25, 0.3) is 11.8 Å². The number of alkyl halides is 3. The van der Waals surface area contributed by atoms with Crippen LogP contribution in [0.5, 0.6) is 0 Å². The lowest BCUT2D eigenvalue weighted by Gasteiger charge is -2.34. The fourth-order valence-corrected chi connectivity index (χ4v) is 3.59. The molecule has 32 heavy (non-hydrogen) atoms. The highest BCUT2D eigenvalue weighted by Crippen LogP contribution is 2.28. The fraction of sp³-hybridized carbons (Fsp3) is 0.250. The van der Waals surface area contributed by atoms with E-state index in [1.807, 2.05) is 23.1 Å². The van der Waals surface area contributed by atoms with Gasteiger partial charge in [0.25, 0.3) is 5.91 Å². The monoisotopic (exact) mass is 440 g/mol. The summed E-state index contributed by atoms with van der Waals surface area (Å²) in [5, 5.41) is 3.55. The zero-order valence-corrected chi connectivity index (χ0v) is 17.4. The molecule has 2 aromatic carbocycles. The Hall–Kier alpha value is -3.39. The minimum Gasteiger partial charge on any atom is -0.336 e. The molecule has 0 unspecified atom stereocenters. The molecule has 166 valence electrons. The summed E-state index contributed by atoms with van der Waals surface area (Å²) in [7, 11) is 0. The molecule has 3 aromatic rings. The van der Waals surface area contributed by atoms with Crippen molar-refractivity contribution in [2.75, 3.05) is 32.7 Å². The Labute approximate surface area is 184 Å². The number of carbonyl (C=O) groups is 1. The molecular weight excluding hydrogens is 417 g/mol. The van der Waals surface area contributed by atoms with Gasteiger partial charge in [-0.2, -0.15) is 18.3 Å². The number of aromatic nitrogens is 2. The maximum atomic E-state index is 12.8. The van der Waals surface area contributed by atoms with Crippen LogP contribution < -0.4 is 0 Å². The van der Waals surface area contributed by atoms with Gasteiger partial charge in [0.2, 0.25) is 0 Å². The van der Waals surface area contributed by atoms with E-state index in [1.165, 1.54) is 6.20 Å².